The predicted molar refractivity (Wildman–Crippen MR) is 75.5 cm³/mol. The van der Waals surface area contributed by atoms with E-state index >= 15 is 0 Å². The number of benzene rings is 1. The molecule has 0 fully saturated rings. The van der Waals surface area contributed by atoms with Gasteiger partial charge in [0, 0.05) is 17.5 Å². The summed E-state index contributed by atoms with van der Waals surface area (Å²) < 4.78 is 0. The van der Waals surface area contributed by atoms with Gasteiger partial charge in [0.2, 0.25) is 5.91 Å². The summed E-state index contributed by atoms with van der Waals surface area (Å²) in [6, 6.07) is 6.12. The van der Waals surface area contributed by atoms with E-state index in [4.69, 9.17) is 5.73 Å². The number of anilines is 1. The van der Waals surface area contributed by atoms with Crippen molar-refractivity contribution in [2.45, 2.75) is 26.8 Å². The number of amides is 1. The topological polar surface area (TPSA) is 55.1 Å². The van der Waals surface area contributed by atoms with Crippen LogP contribution < -0.4 is 11.1 Å². The van der Waals surface area contributed by atoms with Crippen LogP contribution in [0.2, 0.25) is 0 Å². The van der Waals surface area contributed by atoms with Gasteiger partial charge in [-0.3, -0.25) is 4.79 Å². The van der Waals surface area contributed by atoms with Gasteiger partial charge in [0.05, 0.1) is 5.75 Å². The monoisotopic (exact) mass is 252 g/mol. The zero-order valence-electron chi connectivity index (χ0n) is 10.6. The Morgan fingerprint density at radius 2 is 2.00 bits per heavy atom. The van der Waals surface area contributed by atoms with E-state index in [0.29, 0.717) is 5.75 Å². The molecule has 1 aromatic carbocycles. The number of nitrogens with two attached hydrogens (primary N) is 1. The van der Waals surface area contributed by atoms with Crippen molar-refractivity contribution >= 4 is 23.4 Å². The van der Waals surface area contributed by atoms with Crippen LogP contribution in [0.5, 0.6) is 0 Å². The Morgan fingerprint density at radius 1 is 1.41 bits per heavy atom. The van der Waals surface area contributed by atoms with Crippen molar-refractivity contribution in [3.8, 4) is 0 Å². The fourth-order valence-corrected chi connectivity index (χ4v) is 2.27. The summed E-state index contributed by atoms with van der Waals surface area (Å²) in [5.41, 5.74) is 8.74. The lowest BCUT2D eigenvalue weighted by Gasteiger charge is -2.11. The van der Waals surface area contributed by atoms with Gasteiger partial charge in [-0.05, 0) is 31.9 Å². The van der Waals surface area contributed by atoms with Gasteiger partial charge in [0.1, 0.15) is 0 Å². The lowest BCUT2D eigenvalue weighted by molar-refractivity contribution is -0.113. The van der Waals surface area contributed by atoms with Crippen molar-refractivity contribution in [3.05, 3.63) is 29.3 Å². The molecule has 1 amide bonds. The van der Waals surface area contributed by atoms with E-state index in [-0.39, 0.29) is 11.9 Å². The normalized spacial score (nSPS) is 12.2. The van der Waals surface area contributed by atoms with E-state index < -0.39 is 0 Å². The van der Waals surface area contributed by atoms with Gasteiger partial charge in [-0.25, -0.2) is 0 Å². The zero-order chi connectivity index (χ0) is 12.8. The molecule has 0 heterocycles. The molecule has 4 heteroatoms. The van der Waals surface area contributed by atoms with Gasteiger partial charge in [-0.1, -0.05) is 18.2 Å². The molecule has 1 atom stereocenters. The Hall–Kier alpha value is -1.000. The van der Waals surface area contributed by atoms with Crippen molar-refractivity contribution in [2.75, 3.05) is 16.8 Å². The van der Waals surface area contributed by atoms with Gasteiger partial charge in [-0.2, -0.15) is 11.8 Å². The third-order valence-electron chi connectivity index (χ3n) is 2.36. The number of nitrogens with one attached hydrogen (secondary N) is 1. The Labute approximate surface area is 107 Å². The second kappa shape index (κ2) is 6.67. The highest BCUT2D eigenvalue weighted by molar-refractivity contribution is 8.00. The average molecular weight is 252 g/mol. The van der Waals surface area contributed by atoms with Crippen molar-refractivity contribution in [1.29, 1.82) is 0 Å². The molecule has 3 N–H and O–H groups in total. The van der Waals surface area contributed by atoms with E-state index in [0.717, 1.165) is 22.6 Å². The molecule has 0 aromatic heterocycles. The molecule has 17 heavy (non-hydrogen) atoms. The van der Waals surface area contributed by atoms with Gasteiger partial charge >= 0.3 is 0 Å². The highest BCUT2D eigenvalue weighted by Crippen LogP contribution is 2.19. The lowest BCUT2D eigenvalue weighted by Crippen LogP contribution is -2.21. The van der Waals surface area contributed by atoms with Gasteiger partial charge in [0.15, 0.2) is 0 Å². The van der Waals surface area contributed by atoms with Crippen molar-refractivity contribution < 1.29 is 4.79 Å². The summed E-state index contributed by atoms with van der Waals surface area (Å²) in [6.07, 6.45) is 0. The van der Waals surface area contributed by atoms with E-state index in [1.165, 1.54) is 0 Å². The average Bonchev–Trinajstić information content (AvgIpc) is 2.23. The number of aryl methyl sites for hydroxylation is 2. The lowest BCUT2D eigenvalue weighted by atomic mass is 10.1. The zero-order valence-corrected chi connectivity index (χ0v) is 11.4. The third kappa shape index (κ3) is 4.79. The maximum absolute atomic E-state index is 11.7. The van der Waals surface area contributed by atoms with Crippen LogP contribution in [-0.2, 0) is 4.79 Å². The largest absolute Gasteiger partial charge is 0.327 e. The molecule has 0 radical (unpaired) electrons. The smallest absolute Gasteiger partial charge is 0.234 e. The fourth-order valence-electron chi connectivity index (χ4n) is 1.52. The Bertz CT molecular complexity index is 371. The summed E-state index contributed by atoms with van der Waals surface area (Å²) in [5.74, 6) is 1.29. The van der Waals surface area contributed by atoms with E-state index in [1.807, 2.05) is 39.0 Å². The fraction of sp³-hybridized carbons (Fsp3) is 0.462. The molecule has 94 valence electrons. The molecular weight excluding hydrogens is 232 g/mol. The minimum Gasteiger partial charge on any atom is -0.327 e. The SMILES string of the molecule is Cc1cccc(C)c1NC(=O)CSCC(C)N. The molecule has 1 rings (SSSR count). The number of carbonyl (C=O) groups is 1. The second-order valence-corrected chi connectivity index (χ2v) is 5.34. The van der Waals surface area contributed by atoms with Crippen molar-refractivity contribution in [3.63, 3.8) is 0 Å². The van der Waals surface area contributed by atoms with E-state index in [9.17, 15) is 4.79 Å². The van der Waals surface area contributed by atoms with E-state index in [2.05, 4.69) is 5.32 Å². The van der Waals surface area contributed by atoms with Crippen LogP contribution in [-0.4, -0.2) is 23.5 Å². The standard InChI is InChI=1S/C13H20N2OS/c1-9-5-4-6-10(2)13(9)15-12(16)8-17-7-11(3)14/h4-6,11H,7-8,14H2,1-3H3,(H,15,16). The third-order valence-corrected chi connectivity index (χ3v) is 3.59. The number of para-hydroxylation sites is 1. The van der Waals surface area contributed by atoms with Crippen LogP contribution in [0.25, 0.3) is 0 Å². The molecule has 3 nitrogen and oxygen atoms in total. The Balaban J connectivity index is 2.51. The van der Waals surface area contributed by atoms with Crippen LogP contribution in [0.1, 0.15) is 18.1 Å². The number of carbonyl (C=O) groups excluding carboxylic acids is 1. The van der Waals surface area contributed by atoms with Crippen LogP contribution in [0.15, 0.2) is 18.2 Å². The highest BCUT2D eigenvalue weighted by atomic mass is 32.2. The Morgan fingerprint density at radius 3 is 2.53 bits per heavy atom. The van der Waals surface area contributed by atoms with Gasteiger partial charge in [-0.15, -0.1) is 0 Å². The first-order chi connectivity index (χ1) is 8.00. The number of hydrogen-bond donors (Lipinski definition) is 2. The number of hydrogen-bond acceptors (Lipinski definition) is 3. The summed E-state index contributed by atoms with van der Waals surface area (Å²) in [4.78, 5) is 11.7. The van der Waals surface area contributed by atoms with Crippen molar-refractivity contribution in [2.24, 2.45) is 5.73 Å². The Kier molecular flexibility index (Phi) is 5.51. The molecule has 0 spiro atoms. The summed E-state index contributed by atoms with van der Waals surface area (Å²) in [6.45, 7) is 5.94. The number of thioether (sulfide) groups is 1. The summed E-state index contributed by atoms with van der Waals surface area (Å²) in [5, 5.41) is 2.95. The predicted octanol–water partition coefficient (Wildman–Crippen LogP) is 2.32. The van der Waals surface area contributed by atoms with Crippen LogP contribution in [0.4, 0.5) is 5.69 Å². The highest BCUT2D eigenvalue weighted by Gasteiger charge is 2.07. The minimum absolute atomic E-state index is 0.0352. The molecule has 0 saturated carbocycles. The van der Waals surface area contributed by atoms with Gasteiger partial charge < -0.3 is 11.1 Å². The number of rotatable bonds is 5. The molecule has 0 aliphatic rings. The van der Waals surface area contributed by atoms with Gasteiger partial charge in [0.25, 0.3) is 0 Å². The summed E-state index contributed by atoms with van der Waals surface area (Å²) >= 11 is 1.56. The summed E-state index contributed by atoms with van der Waals surface area (Å²) in [7, 11) is 0. The molecule has 0 saturated heterocycles. The first-order valence-corrected chi connectivity index (χ1v) is 6.85. The molecule has 0 bridgehead atoms. The first-order valence-electron chi connectivity index (χ1n) is 5.70. The second-order valence-electron chi connectivity index (χ2n) is 4.31. The maximum Gasteiger partial charge on any atom is 0.234 e. The molecule has 1 unspecified atom stereocenters. The maximum atomic E-state index is 11.7. The molecule has 0 aliphatic carbocycles. The van der Waals surface area contributed by atoms with Crippen LogP contribution in [0.3, 0.4) is 0 Å². The van der Waals surface area contributed by atoms with Crippen LogP contribution in [0, 0.1) is 13.8 Å². The van der Waals surface area contributed by atoms with Crippen molar-refractivity contribution in [1.82, 2.24) is 0 Å². The molecule has 0 aliphatic heterocycles. The van der Waals surface area contributed by atoms with Crippen LogP contribution >= 0.6 is 11.8 Å². The minimum atomic E-state index is 0.0352. The van der Waals surface area contributed by atoms with E-state index in [1.54, 1.807) is 11.8 Å². The first kappa shape index (κ1) is 14.1. The molecule has 1 aromatic rings. The molecular formula is C13H20N2OS. The quantitative estimate of drug-likeness (QED) is 0.845.